The summed E-state index contributed by atoms with van der Waals surface area (Å²) in [5.41, 5.74) is 8.10. The number of hydrogen-bond acceptors (Lipinski definition) is 6. The molecular weight excluding hydrogens is 492 g/mol. The molecule has 0 aromatic heterocycles. The first-order valence-corrected chi connectivity index (χ1v) is 13.3. The van der Waals surface area contributed by atoms with Crippen molar-refractivity contribution in [1.29, 1.82) is 0 Å². The van der Waals surface area contributed by atoms with Crippen LogP contribution in [-0.4, -0.2) is 21.3 Å². The molecule has 0 radical (unpaired) electrons. The Hall–Kier alpha value is -4.32. The molecule has 0 unspecified atom stereocenters. The molecule has 0 N–H and O–H groups in total. The Bertz CT molecular complexity index is 1300. The van der Waals surface area contributed by atoms with Gasteiger partial charge in [0.2, 0.25) is 0 Å². The summed E-state index contributed by atoms with van der Waals surface area (Å²) in [5, 5.41) is 0. The van der Waals surface area contributed by atoms with Gasteiger partial charge in [0.05, 0.1) is 21.3 Å². The third kappa shape index (κ3) is 4.02. The van der Waals surface area contributed by atoms with Gasteiger partial charge in [0.25, 0.3) is 0 Å². The summed E-state index contributed by atoms with van der Waals surface area (Å²) in [5.74, 6) is 4.99. The Morgan fingerprint density at radius 3 is 0.846 bits per heavy atom. The van der Waals surface area contributed by atoms with Crippen molar-refractivity contribution in [2.45, 2.75) is 37.6 Å². The fraction of sp³-hybridized carbons (Fsp3) is 0.273. The maximum atomic E-state index is 6.46. The fourth-order valence-electron chi connectivity index (χ4n) is 6.03. The molecule has 0 heterocycles. The van der Waals surface area contributed by atoms with Crippen LogP contribution in [0.15, 0.2) is 72.8 Å². The minimum Gasteiger partial charge on any atom is -0.497 e. The van der Waals surface area contributed by atoms with E-state index in [1.54, 1.807) is 21.3 Å². The molecule has 4 aromatic carbocycles. The first-order chi connectivity index (χ1) is 19.1. The molecule has 0 aliphatic heterocycles. The lowest BCUT2D eigenvalue weighted by molar-refractivity contribution is 0.135. The van der Waals surface area contributed by atoms with E-state index in [-0.39, 0.29) is 18.3 Å². The molecule has 3 atom stereocenters. The highest BCUT2D eigenvalue weighted by atomic mass is 16.5. The van der Waals surface area contributed by atoms with E-state index in [0.29, 0.717) is 0 Å². The molecule has 4 aromatic rings. The highest BCUT2D eigenvalue weighted by Gasteiger charge is 2.49. The highest BCUT2D eigenvalue weighted by Crippen LogP contribution is 2.57. The Balaban J connectivity index is 1.19. The third-order valence-corrected chi connectivity index (χ3v) is 8.10. The number of ether oxygens (including phenoxy) is 6. The lowest BCUT2D eigenvalue weighted by Gasteiger charge is -2.48. The average molecular weight is 523 g/mol. The normalized spacial score (nSPS) is 19.6. The molecule has 0 spiro atoms. The fourth-order valence-corrected chi connectivity index (χ4v) is 6.03. The molecule has 6 nitrogen and oxygen atoms in total. The highest BCUT2D eigenvalue weighted by molar-refractivity contribution is 5.66. The van der Waals surface area contributed by atoms with Crippen LogP contribution in [0.2, 0.25) is 0 Å². The molecule has 6 heteroatoms. The molecule has 3 aliphatic rings. The second-order valence-corrected chi connectivity index (χ2v) is 10.1. The van der Waals surface area contributed by atoms with Crippen LogP contribution in [0.4, 0.5) is 0 Å². The summed E-state index contributed by atoms with van der Waals surface area (Å²) >= 11 is 0. The van der Waals surface area contributed by atoms with E-state index in [0.717, 1.165) is 53.8 Å². The van der Waals surface area contributed by atoms with E-state index >= 15 is 0 Å². The van der Waals surface area contributed by atoms with Crippen LogP contribution in [0, 0.1) is 0 Å². The van der Waals surface area contributed by atoms with Gasteiger partial charge in [0.15, 0.2) is 0 Å². The number of hydrogen-bond donors (Lipinski definition) is 0. The summed E-state index contributed by atoms with van der Waals surface area (Å²) in [6.07, 6.45) is 2.71. The van der Waals surface area contributed by atoms with Crippen LogP contribution in [0.5, 0.6) is 34.5 Å². The predicted octanol–water partition coefficient (Wildman–Crippen LogP) is 6.74. The van der Waals surface area contributed by atoms with Gasteiger partial charge in [-0.1, -0.05) is 0 Å². The van der Waals surface area contributed by atoms with Crippen LogP contribution in [0.1, 0.15) is 51.7 Å². The van der Waals surface area contributed by atoms with E-state index in [9.17, 15) is 0 Å². The zero-order valence-electron chi connectivity index (χ0n) is 22.2. The largest absolute Gasteiger partial charge is 0.497 e. The van der Waals surface area contributed by atoms with Crippen molar-refractivity contribution in [3.05, 3.63) is 106 Å². The molecule has 7 rings (SSSR count). The molecule has 0 amide bonds. The zero-order chi connectivity index (χ0) is 26.5. The second kappa shape index (κ2) is 9.45. The van der Waals surface area contributed by atoms with Crippen molar-refractivity contribution in [2.75, 3.05) is 21.3 Å². The van der Waals surface area contributed by atoms with Crippen molar-refractivity contribution in [3.8, 4) is 34.5 Å². The van der Waals surface area contributed by atoms with Gasteiger partial charge in [-0.25, -0.2) is 0 Å². The van der Waals surface area contributed by atoms with Crippen molar-refractivity contribution < 1.29 is 28.4 Å². The molecule has 0 saturated heterocycles. The Kier molecular flexibility index (Phi) is 5.76. The van der Waals surface area contributed by atoms with Crippen LogP contribution in [0.25, 0.3) is 0 Å². The zero-order valence-corrected chi connectivity index (χ0v) is 22.2. The van der Waals surface area contributed by atoms with Crippen molar-refractivity contribution in [2.24, 2.45) is 0 Å². The predicted molar refractivity (Wildman–Crippen MR) is 147 cm³/mol. The van der Waals surface area contributed by atoms with Gasteiger partial charge in [-0.2, -0.15) is 0 Å². The van der Waals surface area contributed by atoms with E-state index in [1.165, 1.54) is 33.4 Å². The Morgan fingerprint density at radius 2 is 0.615 bits per heavy atom. The third-order valence-electron chi connectivity index (χ3n) is 8.10. The van der Waals surface area contributed by atoms with Gasteiger partial charge in [0, 0.05) is 36.0 Å². The first-order valence-electron chi connectivity index (χ1n) is 13.3. The van der Waals surface area contributed by atoms with E-state index in [1.807, 2.05) is 72.8 Å². The van der Waals surface area contributed by atoms with Crippen molar-refractivity contribution in [1.82, 2.24) is 0 Å². The Labute approximate surface area is 228 Å². The lowest BCUT2D eigenvalue weighted by Crippen LogP contribution is -2.40. The number of benzene rings is 4. The Morgan fingerprint density at radius 1 is 0.385 bits per heavy atom. The summed E-state index contributed by atoms with van der Waals surface area (Å²) in [6, 6.07) is 23.4. The standard InChI is InChI=1S/C33H30O6/c1-34-19-4-10-22(11-5-19)37-28-16-25-31(28)26-17-29(38-23-12-6-20(35-2)7-13-23)33(26)27-18-30(32(25)27)39-24-14-8-21(36-3)9-15-24/h4-15,28-30H,16-18H2,1-3H3/t28-,29-,30+/m0/s1. The van der Waals surface area contributed by atoms with E-state index < -0.39 is 0 Å². The molecule has 3 aliphatic carbocycles. The van der Waals surface area contributed by atoms with E-state index in [2.05, 4.69) is 0 Å². The summed E-state index contributed by atoms with van der Waals surface area (Å²) in [4.78, 5) is 0. The first kappa shape index (κ1) is 23.8. The van der Waals surface area contributed by atoms with Gasteiger partial charge in [-0.3, -0.25) is 0 Å². The average Bonchev–Trinajstić information content (AvgIpc) is 2.95. The topological polar surface area (TPSA) is 55.4 Å². The van der Waals surface area contributed by atoms with Gasteiger partial charge in [-0.15, -0.1) is 0 Å². The lowest BCUT2D eigenvalue weighted by atomic mass is 9.62. The minimum absolute atomic E-state index is 0.0246. The minimum atomic E-state index is 0.0246. The molecule has 39 heavy (non-hydrogen) atoms. The summed E-state index contributed by atoms with van der Waals surface area (Å²) in [7, 11) is 5.01. The number of methoxy groups -OCH3 is 3. The van der Waals surface area contributed by atoms with Crippen molar-refractivity contribution >= 4 is 0 Å². The molecule has 0 bridgehead atoms. The smallest absolute Gasteiger partial charge is 0.128 e. The molecule has 198 valence electrons. The molecule has 0 saturated carbocycles. The van der Waals surface area contributed by atoms with Gasteiger partial charge < -0.3 is 28.4 Å². The van der Waals surface area contributed by atoms with Crippen LogP contribution < -0.4 is 28.4 Å². The van der Waals surface area contributed by atoms with Crippen LogP contribution in [0.3, 0.4) is 0 Å². The summed E-state index contributed by atoms with van der Waals surface area (Å²) in [6.45, 7) is 0. The number of rotatable bonds is 9. The summed E-state index contributed by atoms with van der Waals surface area (Å²) < 4.78 is 35.3. The van der Waals surface area contributed by atoms with Crippen molar-refractivity contribution in [3.63, 3.8) is 0 Å². The molecule has 0 fully saturated rings. The monoisotopic (exact) mass is 522 g/mol. The second-order valence-electron chi connectivity index (χ2n) is 10.1. The van der Waals surface area contributed by atoms with Crippen LogP contribution >= 0.6 is 0 Å². The molecular formula is C33H30O6. The maximum absolute atomic E-state index is 6.46. The van der Waals surface area contributed by atoms with Gasteiger partial charge >= 0.3 is 0 Å². The SMILES string of the molecule is COc1ccc(O[C@H]2Cc3c2c2c(c4c3[C@@H](Oc3ccc(OC)cc3)C4)[C@H](Oc3ccc(OC)cc3)C2)cc1. The maximum Gasteiger partial charge on any atom is 0.128 e. The van der Waals surface area contributed by atoms with Crippen LogP contribution in [-0.2, 0) is 19.3 Å². The quantitative estimate of drug-likeness (QED) is 0.243. The van der Waals surface area contributed by atoms with Gasteiger partial charge in [-0.05, 0) is 89.5 Å². The number of fused-ring (bicyclic) bond motifs is 6. The van der Waals surface area contributed by atoms with Gasteiger partial charge in [0.1, 0.15) is 52.8 Å². The van der Waals surface area contributed by atoms with E-state index in [4.69, 9.17) is 28.4 Å².